The Kier molecular flexibility index (Phi) is 4.20. The SMILES string of the molecule is CCC[C@@H]1CCCC(OC)(OC)C1. The van der Waals surface area contributed by atoms with E-state index in [9.17, 15) is 0 Å². The maximum Gasteiger partial charge on any atom is 0.167 e. The third-order valence-electron chi connectivity index (χ3n) is 3.21. The van der Waals surface area contributed by atoms with Crippen molar-refractivity contribution in [3.05, 3.63) is 0 Å². The Balaban J connectivity index is 2.48. The molecule has 1 saturated carbocycles. The minimum Gasteiger partial charge on any atom is -0.353 e. The van der Waals surface area contributed by atoms with Gasteiger partial charge < -0.3 is 9.47 Å². The molecule has 78 valence electrons. The summed E-state index contributed by atoms with van der Waals surface area (Å²) in [6.07, 6.45) is 7.31. The molecular formula is C11H22O2. The van der Waals surface area contributed by atoms with Gasteiger partial charge in [0.2, 0.25) is 0 Å². The van der Waals surface area contributed by atoms with Gasteiger partial charge in [-0.25, -0.2) is 0 Å². The van der Waals surface area contributed by atoms with Crippen LogP contribution >= 0.6 is 0 Å². The fourth-order valence-corrected chi connectivity index (χ4v) is 2.41. The number of methoxy groups -OCH3 is 2. The minimum absolute atomic E-state index is 0.266. The summed E-state index contributed by atoms with van der Waals surface area (Å²) in [4.78, 5) is 0. The van der Waals surface area contributed by atoms with E-state index in [0.717, 1.165) is 18.8 Å². The molecule has 0 unspecified atom stereocenters. The zero-order valence-corrected chi connectivity index (χ0v) is 9.14. The molecule has 0 radical (unpaired) electrons. The Labute approximate surface area is 81.6 Å². The summed E-state index contributed by atoms with van der Waals surface area (Å²) >= 11 is 0. The Morgan fingerprint density at radius 3 is 2.54 bits per heavy atom. The van der Waals surface area contributed by atoms with Crippen molar-refractivity contribution in [1.29, 1.82) is 0 Å². The van der Waals surface area contributed by atoms with E-state index in [-0.39, 0.29) is 5.79 Å². The quantitative estimate of drug-likeness (QED) is 0.628. The summed E-state index contributed by atoms with van der Waals surface area (Å²) in [7, 11) is 3.52. The van der Waals surface area contributed by atoms with Gasteiger partial charge in [0.1, 0.15) is 0 Å². The van der Waals surface area contributed by atoms with Gasteiger partial charge in [-0.15, -0.1) is 0 Å². The zero-order chi connectivity index (χ0) is 9.73. The van der Waals surface area contributed by atoms with Gasteiger partial charge in [-0.2, -0.15) is 0 Å². The largest absolute Gasteiger partial charge is 0.353 e. The first-order valence-corrected chi connectivity index (χ1v) is 5.36. The summed E-state index contributed by atoms with van der Waals surface area (Å²) in [5.74, 6) is 0.539. The number of ether oxygens (including phenoxy) is 2. The highest BCUT2D eigenvalue weighted by atomic mass is 16.7. The van der Waals surface area contributed by atoms with Crippen LogP contribution in [0.3, 0.4) is 0 Å². The molecule has 0 aliphatic heterocycles. The second-order valence-electron chi connectivity index (χ2n) is 4.07. The van der Waals surface area contributed by atoms with Crippen LogP contribution in [0, 0.1) is 5.92 Å². The summed E-state index contributed by atoms with van der Waals surface area (Å²) < 4.78 is 11.0. The molecule has 0 aromatic rings. The maximum atomic E-state index is 5.48. The number of hydrogen-bond acceptors (Lipinski definition) is 2. The van der Waals surface area contributed by atoms with Crippen LogP contribution in [-0.2, 0) is 9.47 Å². The van der Waals surface area contributed by atoms with Gasteiger partial charge >= 0.3 is 0 Å². The first-order valence-electron chi connectivity index (χ1n) is 5.36. The van der Waals surface area contributed by atoms with E-state index in [4.69, 9.17) is 9.47 Å². The molecule has 13 heavy (non-hydrogen) atoms. The molecule has 1 atom stereocenters. The van der Waals surface area contributed by atoms with Gasteiger partial charge in [0.25, 0.3) is 0 Å². The van der Waals surface area contributed by atoms with Crippen LogP contribution in [0.5, 0.6) is 0 Å². The third-order valence-corrected chi connectivity index (χ3v) is 3.21. The molecule has 1 aliphatic rings. The summed E-state index contributed by atoms with van der Waals surface area (Å²) in [5.41, 5.74) is 0. The smallest absolute Gasteiger partial charge is 0.167 e. The Morgan fingerprint density at radius 2 is 2.00 bits per heavy atom. The summed E-state index contributed by atoms with van der Waals surface area (Å²) in [5, 5.41) is 0. The molecular weight excluding hydrogens is 164 g/mol. The molecule has 0 aromatic heterocycles. The van der Waals surface area contributed by atoms with E-state index < -0.39 is 0 Å². The Bertz CT molecular complexity index is 139. The summed E-state index contributed by atoms with van der Waals surface area (Å²) in [6, 6.07) is 0. The standard InChI is InChI=1S/C11H22O2/c1-4-6-10-7-5-8-11(9-10,12-2)13-3/h10H,4-9H2,1-3H3/t10-/m1/s1. The predicted octanol–water partition coefficient (Wildman–Crippen LogP) is 2.97. The molecule has 0 aromatic carbocycles. The maximum absolute atomic E-state index is 5.48. The summed E-state index contributed by atoms with van der Waals surface area (Å²) in [6.45, 7) is 2.25. The van der Waals surface area contributed by atoms with Crippen LogP contribution in [0.15, 0.2) is 0 Å². The van der Waals surface area contributed by atoms with E-state index in [1.807, 2.05) is 0 Å². The van der Waals surface area contributed by atoms with Gasteiger partial charge in [-0.1, -0.05) is 26.2 Å². The van der Waals surface area contributed by atoms with E-state index in [0.29, 0.717) is 0 Å². The van der Waals surface area contributed by atoms with Crippen LogP contribution in [0.25, 0.3) is 0 Å². The first kappa shape index (κ1) is 11.0. The van der Waals surface area contributed by atoms with Crippen LogP contribution in [0.1, 0.15) is 45.4 Å². The van der Waals surface area contributed by atoms with Gasteiger partial charge in [0.05, 0.1) is 0 Å². The van der Waals surface area contributed by atoms with Crippen molar-refractivity contribution in [2.75, 3.05) is 14.2 Å². The van der Waals surface area contributed by atoms with E-state index >= 15 is 0 Å². The lowest BCUT2D eigenvalue weighted by Crippen LogP contribution is -2.39. The van der Waals surface area contributed by atoms with Gasteiger partial charge in [-0.05, 0) is 12.3 Å². The van der Waals surface area contributed by atoms with Gasteiger partial charge in [0.15, 0.2) is 5.79 Å². The molecule has 2 nitrogen and oxygen atoms in total. The van der Waals surface area contributed by atoms with Crippen molar-refractivity contribution in [3.63, 3.8) is 0 Å². The molecule has 0 N–H and O–H groups in total. The van der Waals surface area contributed by atoms with Crippen molar-refractivity contribution in [2.45, 2.75) is 51.2 Å². The van der Waals surface area contributed by atoms with E-state index in [1.54, 1.807) is 14.2 Å². The average Bonchev–Trinajstić information content (AvgIpc) is 2.19. The third kappa shape index (κ3) is 2.68. The average molecular weight is 186 g/mol. The van der Waals surface area contributed by atoms with Crippen molar-refractivity contribution in [2.24, 2.45) is 5.92 Å². The van der Waals surface area contributed by atoms with Crippen LogP contribution in [-0.4, -0.2) is 20.0 Å². The first-order chi connectivity index (χ1) is 6.26. The van der Waals surface area contributed by atoms with Gasteiger partial charge in [-0.3, -0.25) is 0 Å². The fraction of sp³-hybridized carbons (Fsp3) is 1.00. The van der Waals surface area contributed by atoms with Crippen LogP contribution in [0.4, 0.5) is 0 Å². The highest BCUT2D eigenvalue weighted by molar-refractivity contribution is 4.80. The second-order valence-corrected chi connectivity index (χ2v) is 4.07. The zero-order valence-electron chi connectivity index (χ0n) is 9.14. The lowest BCUT2D eigenvalue weighted by atomic mass is 9.82. The number of hydrogen-bond donors (Lipinski definition) is 0. The highest BCUT2D eigenvalue weighted by Crippen LogP contribution is 2.37. The molecule has 0 saturated heterocycles. The topological polar surface area (TPSA) is 18.5 Å². The Hall–Kier alpha value is -0.0800. The molecule has 1 aliphatic carbocycles. The minimum atomic E-state index is -0.266. The van der Waals surface area contributed by atoms with Crippen LogP contribution in [0.2, 0.25) is 0 Å². The molecule has 1 fully saturated rings. The van der Waals surface area contributed by atoms with Crippen molar-refractivity contribution >= 4 is 0 Å². The van der Waals surface area contributed by atoms with E-state index in [2.05, 4.69) is 6.92 Å². The van der Waals surface area contributed by atoms with E-state index in [1.165, 1.54) is 25.7 Å². The van der Waals surface area contributed by atoms with Crippen molar-refractivity contribution < 1.29 is 9.47 Å². The second kappa shape index (κ2) is 4.97. The normalized spacial score (nSPS) is 27.5. The molecule has 0 heterocycles. The lowest BCUT2D eigenvalue weighted by Gasteiger charge is -2.38. The lowest BCUT2D eigenvalue weighted by molar-refractivity contribution is -0.231. The highest BCUT2D eigenvalue weighted by Gasteiger charge is 2.35. The fourth-order valence-electron chi connectivity index (χ4n) is 2.41. The Morgan fingerprint density at radius 1 is 1.31 bits per heavy atom. The van der Waals surface area contributed by atoms with Crippen LogP contribution < -0.4 is 0 Å². The number of rotatable bonds is 4. The molecule has 2 heteroatoms. The van der Waals surface area contributed by atoms with Crippen molar-refractivity contribution in [3.8, 4) is 0 Å². The molecule has 0 bridgehead atoms. The molecule has 0 spiro atoms. The monoisotopic (exact) mass is 186 g/mol. The van der Waals surface area contributed by atoms with Crippen molar-refractivity contribution in [1.82, 2.24) is 0 Å². The molecule has 0 amide bonds. The molecule has 1 rings (SSSR count). The van der Waals surface area contributed by atoms with Gasteiger partial charge in [0, 0.05) is 27.1 Å². The predicted molar refractivity (Wildman–Crippen MR) is 53.6 cm³/mol.